The summed E-state index contributed by atoms with van der Waals surface area (Å²) in [5, 5.41) is 0. The van der Waals surface area contributed by atoms with Crippen molar-refractivity contribution in [2.24, 2.45) is 5.92 Å². The minimum atomic E-state index is 0.343. The highest BCUT2D eigenvalue weighted by Gasteiger charge is 2.22. The Morgan fingerprint density at radius 1 is 1.30 bits per heavy atom. The van der Waals surface area contributed by atoms with E-state index in [1.807, 2.05) is 13.8 Å². The van der Waals surface area contributed by atoms with Crippen LogP contribution in [0.4, 0.5) is 0 Å². The van der Waals surface area contributed by atoms with Gasteiger partial charge in [-0.15, -0.1) is 0 Å². The summed E-state index contributed by atoms with van der Waals surface area (Å²) >= 11 is 0. The Bertz CT molecular complexity index is 73.7. The van der Waals surface area contributed by atoms with Crippen molar-refractivity contribution in [1.82, 2.24) is 0 Å². The normalized spacial score (nSPS) is 31.2. The van der Waals surface area contributed by atoms with Crippen LogP contribution in [0.1, 0.15) is 20.8 Å². The zero-order chi connectivity index (χ0) is 7.98. The average molecular weight is 146 g/mol. The van der Waals surface area contributed by atoms with Crippen LogP contribution in [0.3, 0.4) is 0 Å². The van der Waals surface area contributed by atoms with Crippen LogP contribution in [0.15, 0.2) is 0 Å². The van der Waals surface area contributed by atoms with E-state index in [9.17, 15) is 0 Å². The van der Waals surface area contributed by atoms with E-state index in [1.54, 1.807) is 7.11 Å². The first-order chi connectivity index (χ1) is 4.84. The van der Waals surface area contributed by atoms with Crippen LogP contribution in [-0.2, 0) is 9.47 Å². The predicted molar refractivity (Wildman–Crippen MR) is 42.1 cm³/mol. The van der Waals surface area contributed by atoms with Crippen molar-refractivity contribution in [2.45, 2.75) is 26.9 Å². The lowest BCUT2D eigenvalue weighted by Crippen LogP contribution is -2.17. The molecule has 2 atom stereocenters. The first-order valence-electron chi connectivity index (χ1n) is 3.95. The molecule has 0 radical (unpaired) electrons. The Hall–Kier alpha value is -0.0800. The summed E-state index contributed by atoms with van der Waals surface area (Å²) in [4.78, 5) is 0. The maximum Gasteiger partial charge on any atom is 0.0852 e. The predicted octanol–water partition coefficient (Wildman–Crippen LogP) is 1.69. The van der Waals surface area contributed by atoms with Gasteiger partial charge >= 0.3 is 0 Å². The molecule has 1 saturated heterocycles. The Labute approximate surface area is 63.5 Å². The summed E-state index contributed by atoms with van der Waals surface area (Å²) in [5.41, 5.74) is 0. The van der Waals surface area contributed by atoms with Crippen molar-refractivity contribution in [2.75, 3.05) is 20.3 Å². The van der Waals surface area contributed by atoms with Gasteiger partial charge in [-0.1, -0.05) is 20.8 Å². The molecule has 0 aromatic carbocycles. The minimum absolute atomic E-state index is 0.343. The van der Waals surface area contributed by atoms with Crippen molar-refractivity contribution in [1.29, 1.82) is 0 Å². The smallest absolute Gasteiger partial charge is 0.0852 e. The van der Waals surface area contributed by atoms with Crippen LogP contribution in [0.5, 0.6) is 0 Å². The maximum atomic E-state index is 5.14. The number of rotatable bonds is 1. The highest BCUT2D eigenvalue weighted by molar-refractivity contribution is 4.70. The molecule has 1 fully saturated rings. The molecule has 0 saturated carbocycles. The molecule has 0 spiro atoms. The molecule has 1 rings (SSSR count). The molecule has 2 unspecified atom stereocenters. The van der Waals surface area contributed by atoms with Crippen LogP contribution in [0.2, 0.25) is 0 Å². The van der Waals surface area contributed by atoms with Gasteiger partial charge in [0.05, 0.1) is 19.3 Å². The maximum absolute atomic E-state index is 5.14. The monoisotopic (exact) mass is 146 g/mol. The van der Waals surface area contributed by atoms with Crippen LogP contribution in [0.25, 0.3) is 0 Å². The summed E-state index contributed by atoms with van der Waals surface area (Å²) < 4.78 is 10.2. The summed E-state index contributed by atoms with van der Waals surface area (Å²) in [6.07, 6.45) is 0.343. The summed E-state index contributed by atoms with van der Waals surface area (Å²) in [6.45, 7) is 7.78. The van der Waals surface area contributed by atoms with E-state index >= 15 is 0 Å². The Morgan fingerprint density at radius 3 is 2.10 bits per heavy atom. The second kappa shape index (κ2) is 5.69. The second-order valence-electron chi connectivity index (χ2n) is 2.29. The fourth-order valence-electron chi connectivity index (χ4n) is 0.942. The molecule has 2 nitrogen and oxygen atoms in total. The van der Waals surface area contributed by atoms with E-state index in [-0.39, 0.29) is 0 Å². The van der Waals surface area contributed by atoms with Crippen LogP contribution in [0, 0.1) is 5.92 Å². The third-order valence-corrected chi connectivity index (χ3v) is 1.60. The molecular formula is C8H18O2. The van der Waals surface area contributed by atoms with Gasteiger partial charge in [0.15, 0.2) is 0 Å². The standard InChI is InChI=1S/C6H12O2.C2H6/c1-5-3-8-4-6(5)7-2;1-2/h5-6H,3-4H2,1-2H3;1-2H3. The van der Waals surface area contributed by atoms with Crippen molar-refractivity contribution in [3.63, 3.8) is 0 Å². The van der Waals surface area contributed by atoms with Gasteiger partial charge in [0.1, 0.15) is 0 Å². The molecule has 1 aliphatic rings. The van der Waals surface area contributed by atoms with E-state index in [0.717, 1.165) is 13.2 Å². The molecule has 0 aromatic rings. The van der Waals surface area contributed by atoms with E-state index in [0.29, 0.717) is 12.0 Å². The summed E-state index contributed by atoms with van der Waals surface area (Å²) in [5.74, 6) is 0.583. The van der Waals surface area contributed by atoms with Crippen molar-refractivity contribution < 1.29 is 9.47 Å². The Kier molecular flexibility index (Phi) is 5.64. The molecule has 0 bridgehead atoms. The van der Waals surface area contributed by atoms with Crippen LogP contribution >= 0.6 is 0 Å². The molecule has 1 heterocycles. The second-order valence-corrected chi connectivity index (χ2v) is 2.29. The van der Waals surface area contributed by atoms with Crippen molar-refractivity contribution in [3.05, 3.63) is 0 Å². The van der Waals surface area contributed by atoms with Crippen LogP contribution in [-0.4, -0.2) is 26.4 Å². The zero-order valence-electron chi connectivity index (χ0n) is 7.39. The van der Waals surface area contributed by atoms with Gasteiger partial charge in [-0.05, 0) is 0 Å². The number of ether oxygens (including phenoxy) is 2. The van der Waals surface area contributed by atoms with Gasteiger partial charge in [0.2, 0.25) is 0 Å². The molecule has 0 amide bonds. The molecule has 0 N–H and O–H groups in total. The number of methoxy groups -OCH3 is 1. The fraction of sp³-hybridized carbons (Fsp3) is 1.00. The quantitative estimate of drug-likeness (QED) is 0.560. The van der Waals surface area contributed by atoms with Crippen LogP contribution < -0.4 is 0 Å². The molecule has 62 valence electrons. The lowest BCUT2D eigenvalue weighted by atomic mass is 10.1. The van der Waals surface area contributed by atoms with E-state index in [2.05, 4.69) is 6.92 Å². The third kappa shape index (κ3) is 2.67. The fourth-order valence-corrected chi connectivity index (χ4v) is 0.942. The Morgan fingerprint density at radius 2 is 1.90 bits per heavy atom. The lowest BCUT2D eigenvalue weighted by Gasteiger charge is -2.08. The molecular weight excluding hydrogens is 128 g/mol. The zero-order valence-corrected chi connectivity index (χ0v) is 7.39. The largest absolute Gasteiger partial charge is 0.379 e. The first kappa shape index (κ1) is 9.92. The van der Waals surface area contributed by atoms with Gasteiger partial charge in [-0.25, -0.2) is 0 Å². The van der Waals surface area contributed by atoms with Gasteiger partial charge < -0.3 is 9.47 Å². The minimum Gasteiger partial charge on any atom is -0.379 e. The average Bonchev–Trinajstić information content (AvgIpc) is 2.39. The van der Waals surface area contributed by atoms with Gasteiger partial charge in [0, 0.05) is 13.0 Å². The topological polar surface area (TPSA) is 18.5 Å². The SMILES string of the molecule is CC.COC1COCC1C. The third-order valence-electron chi connectivity index (χ3n) is 1.60. The molecule has 0 aromatic heterocycles. The molecule has 1 aliphatic heterocycles. The van der Waals surface area contributed by atoms with E-state index in [4.69, 9.17) is 9.47 Å². The highest BCUT2D eigenvalue weighted by Crippen LogP contribution is 2.14. The van der Waals surface area contributed by atoms with Gasteiger partial charge in [0.25, 0.3) is 0 Å². The first-order valence-corrected chi connectivity index (χ1v) is 3.95. The molecule has 10 heavy (non-hydrogen) atoms. The number of hydrogen-bond donors (Lipinski definition) is 0. The lowest BCUT2D eigenvalue weighted by molar-refractivity contribution is 0.0697. The van der Waals surface area contributed by atoms with E-state index in [1.165, 1.54) is 0 Å². The van der Waals surface area contributed by atoms with E-state index < -0.39 is 0 Å². The van der Waals surface area contributed by atoms with Gasteiger partial charge in [-0.2, -0.15) is 0 Å². The summed E-state index contributed by atoms with van der Waals surface area (Å²) in [6, 6.07) is 0. The number of hydrogen-bond acceptors (Lipinski definition) is 2. The summed E-state index contributed by atoms with van der Waals surface area (Å²) in [7, 11) is 1.73. The van der Waals surface area contributed by atoms with Gasteiger partial charge in [-0.3, -0.25) is 0 Å². The van der Waals surface area contributed by atoms with Crippen molar-refractivity contribution >= 4 is 0 Å². The molecule has 0 aliphatic carbocycles. The highest BCUT2D eigenvalue weighted by atomic mass is 16.5. The Balaban J connectivity index is 0.000000371. The van der Waals surface area contributed by atoms with Crippen molar-refractivity contribution in [3.8, 4) is 0 Å². The molecule has 2 heteroatoms.